The zero-order valence-electron chi connectivity index (χ0n) is 29.7. The van der Waals surface area contributed by atoms with E-state index in [2.05, 4.69) is 41.5 Å². The fourth-order valence-corrected chi connectivity index (χ4v) is 4.08. The van der Waals surface area contributed by atoms with E-state index >= 15 is 0 Å². The topological polar surface area (TPSA) is 162 Å². The summed E-state index contributed by atoms with van der Waals surface area (Å²) in [7, 11) is 0. The summed E-state index contributed by atoms with van der Waals surface area (Å²) in [5.41, 5.74) is 15.7. The first kappa shape index (κ1) is 50.3. The van der Waals surface area contributed by atoms with Gasteiger partial charge in [-0.1, -0.05) is 157 Å². The molecule has 0 amide bonds. The Morgan fingerprint density at radius 1 is 0.436 bits per heavy atom. The largest absolute Gasteiger partial charge is 2.00 e. The standard InChI is InChI=1S/2C20H17N4.CH2Cl2.2H2O.2Pd/c2*1-16-12-14-17(15-13-16)20(23-21-18-8-4-2-5-9-18)24-22-19-10-6-3-7-11-19;2-1-3;;;;/h2*2-15H,1H3;1H2;2*1H2;;/q2*-1;;;;2*+2/p-2/b2*23-20-,24-22?;;;;;. The summed E-state index contributed by atoms with van der Waals surface area (Å²) in [5, 5.41) is 25.9. The molecule has 0 aliphatic heterocycles. The predicted molar refractivity (Wildman–Crippen MR) is 217 cm³/mol. The van der Waals surface area contributed by atoms with Crippen LogP contribution in [0.3, 0.4) is 0 Å². The van der Waals surface area contributed by atoms with Crippen molar-refractivity contribution < 1.29 is 51.8 Å². The third kappa shape index (κ3) is 19.4. The van der Waals surface area contributed by atoms with E-state index in [1.54, 1.807) is 0 Å². The van der Waals surface area contributed by atoms with Crippen LogP contribution >= 0.6 is 23.2 Å². The predicted octanol–water partition coefficient (Wildman–Crippen LogP) is 13.4. The summed E-state index contributed by atoms with van der Waals surface area (Å²) in [6.45, 7) is 4.08. The molecule has 0 radical (unpaired) electrons. The van der Waals surface area contributed by atoms with E-state index in [9.17, 15) is 0 Å². The first-order valence-electron chi connectivity index (χ1n) is 15.9. The molecule has 6 aromatic rings. The second-order valence-electron chi connectivity index (χ2n) is 10.6. The van der Waals surface area contributed by atoms with Crippen molar-refractivity contribution in [3.05, 3.63) is 203 Å². The molecule has 288 valence electrons. The minimum Gasteiger partial charge on any atom is -0.870 e. The quantitative estimate of drug-likeness (QED) is 0.0371. The molecule has 0 unspecified atom stereocenters. The first-order chi connectivity index (χ1) is 25.0. The van der Waals surface area contributed by atoms with Crippen LogP contribution in [0.4, 0.5) is 22.7 Å². The van der Waals surface area contributed by atoms with Crippen molar-refractivity contribution in [3.8, 4) is 0 Å². The number of azo groups is 2. The van der Waals surface area contributed by atoms with Crippen molar-refractivity contribution in [1.82, 2.24) is 0 Å². The third-order valence-corrected chi connectivity index (χ3v) is 6.69. The minimum absolute atomic E-state index is 0. The number of halogens is 2. The SMILES string of the molecule is Cc1ccc(/C(N=Nc2ccccc2)=N/[N-]c2ccccc2)cc1.Cc1ccc(/C(N=Nc2ccccc2)=N/[N-]c2ccccc2)cc1.ClCCl.[OH-].[OH-].[Pd+2].[Pd+2]. The number of hydrogen-bond donors (Lipinski definition) is 0. The molecule has 0 saturated carbocycles. The molecule has 14 heteroatoms. The van der Waals surface area contributed by atoms with Crippen molar-refractivity contribution in [3.63, 3.8) is 0 Å². The fraction of sp³-hybridized carbons (Fsp3) is 0.0732. The van der Waals surface area contributed by atoms with Gasteiger partial charge in [0.2, 0.25) is 0 Å². The molecule has 2 N–H and O–H groups in total. The van der Waals surface area contributed by atoms with E-state index in [4.69, 9.17) is 23.2 Å². The van der Waals surface area contributed by atoms with Crippen LogP contribution in [0.5, 0.6) is 0 Å². The molecule has 0 fully saturated rings. The average Bonchev–Trinajstić information content (AvgIpc) is 3.18. The Hall–Kier alpha value is -4.72. The number of amidine groups is 2. The van der Waals surface area contributed by atoms with Gasteiger partial charge in [-0.15, -0.1) is 55.0 Å². The Kier molecular flexibility index (Phi) is 27.1. The van der Waals surface area contributed by atoms with E-state index in [1.165, 1.54) is 11.1 Å². The first-order valence-corrected chi connectivity index (χ1v) is 17.0. The second kappa shape index (κ2) is 29.6. The Balaban J connectivity index is 0.000000927. The summed E-state index contributed by atoms with van der Waals surface area (Å²) in [6, 6.07) is 54.3. The molecule has 55 heavy (non-hydrogen) atoms. The monoisotopic (exact) mass is 956 g/mol. The van der Waals surface area contributed by atoms with Crippen LogP contribution in [0.1, 0.15) is 22.3 Å². The summed E-state index contributed by atoms with van der Waals surface area (Å²) < 4.78 is 0. The van der Waals surface area contributed by atoms with Gasteiger partial charge in [-0.2, -0.15) is 0 Å². The molecule has 0 aliphatic rings. The van der Waals surface area contributed by atoms with Crippen molar-refractivity contribution in [2.45, 2.75) is 13.8 Å². The van der Waals surface area contributed by atoms with Gasteiger partial charge in [0.15, 0.2) is 11.7 Å². The van der Waals surface area contributed by atoms with Gasteiger partial charge in [0, 0.05) is 11.1 Å². The molecule has 0 spiro atoms. The summed E-state index contributed by atoms with van der Waals surface area (Å²) in [6.07, 6.45) is 0. The molecule has 0 saturated heterocycles. The number of hydrogen-bond acceptors (Lipinski definition) is 6. The van der Waals surface area contributed by atoms with Crippen molar-refractivity contribution >= 4 is 57.6 Å². The van der Waals surface area contributed by atoms with E-state index in [0.717, 1.165) is 33.9 Å². The van der Waals surface area contributed by atoms with Gasteiger partial charge in [-0.25, -0.2) is 0 Å². The molecular weight excluding hydrogens is 920 g/mol. The van der Waals surface area contributed by atoms with Gasteiger partial charge in [-0.05, 0) is 38.1 Å². The van der Waals surface area contributed by atoms with Gasteiger partial charge in [0.1, 0.15) is 0 Å². The molecule has 0 atom stereocenters. The summed E-state index contributed by atoms with van der Waals surface area (Å²) in [5.74, 6) is 0.949. The van der Waals surface area contributed by atoms with Crippen molar-refractivity contribution in [1.29, 1.82) is 0 Å². The summed E-state index contributed by atoms with van der Waals surface area (Å²) >= 11 is 9.53. The van der Waals surface area contributed by atoms with Gasteiger partial charge < -0.3 is 32.0 Å². The molecule has 0 heterocycles. The zero-order valence-corrected chi connectivity index (χ0v) is 34.4. The Morgan fingerprint density at radius 2 is 0.709 bits per heavy atom. The smallest absolute Gasteiger partial charge is 0.870 e. The van der Waals surface area contributed by atoms with Gasteiger partial charge >= 0.3 is 40.8 Å². The maximum Gasteiger partial charge on any atom is 2.00 e. The number of alkyl halides is 2. The van der Waals surface area contributed by atoms with Gasteiger partial charge in [0.25, 0.3) is 0 Å². The molecule has 0 bridgehead atoms. The molecular formula is C41H38Cl2N8O2Pd2. The Bertz CT molecular complexity index is 1850. The summed E-state index contributed by atoms with van der Waals surface area (Å²) in [4.78, 5) is 0. The van der Waals surface area contributed by atoms with Crippen LogP contribution in [-0.4, -0.2) is 28.0 Å². The number of nitrogens with zero attached hydrogens (tertiary/aromatic N) is 8. The number of benzene rings is 6. The fourth-order valence-electron chi connectivity index (χ4n) is 4.08. The number of aryl methyl sites for hydroxylation is 2. The average molecular weight is 959 g/mol. The second-order valence-corrected chi connectivity index (χ2v) is 11.4. The van der Waals surface area contributed by atoms with Crippen LogP contribution in [0.25, 0.3) is 10.9 Å². The number of rotatable bonds is 8. The van der Waals surface area contributed by atoms with Gasteiger partial charge in [-0.3, -0.25) is 0 Å². The molecule has 0 aliphatic carbocycles. The van der Waals surface area contributed by atoms with E-state index in [0.29, 0.717) is 11.7 Å². The van der Waals surface area contributed by atoms with Crippen molar-refractivity contribution in [2.75, 3.05) is 5.34 Å². The minimum atomic E-state index is 0. The Morgan fingerprint density at radius 3 is 1.00 bits per heavy atom. The molecule has 6 aromatic carbocycles. The van der Waals surface area contributed by atoms with Crippen LogP contribution < -0.4 is 0 Å². The normalized spacial score (nSPS) is 10.5. The van der Waals surface area contributed by atoms with E-state index < -0.39 is 0 Å². The Labute approximate surface area is 359 Å². The van der Waals surface area contributed by atoms with Crippen LogP contribution in [-0.2, 0) is 40.8 Å². The maximum atomic E-state index is 4.76. The van der Waals surface area contributed by atoms with E-state index in [-0.39, 0.29) is 57.1 Å². The van der Waals surface area contributed by atoms with Crippen LogP contribution in [0.2, 0.25) is 0 Å². The maximum absolute atomic E-state index is 4.76. The van der Waals surface area contributed by atoms with Crippen molar-refractivity contribution in [2.24, 2.45) is 30.7 Å². The third-order valence-electron chi connectivity index (χ3n) is 6.69. The molecule has 6 rings (SSSR count). The van der Waals surface area contributed by atoms with Crippen LogP contribution in [0, 0.1) is 13.8 Å². The zero-order chi connectivity index (χ0) is 35.9. The van der Waals surface area contributed by atoms with Crippen LogP contribution in [0.15, 0.2) is 201 Å². The molecule has 0 aromatic heterocycles. The molecule has 10 nitrogen and oxygen atoms in total. The van der Waals surface area contributed by atoms with E-state index in [1.807, 2.05) is 184 Å². The van der Waals surface area contributed by atoms with Gasteiger partial charge in [0.05, 0.1) is 16.7 Å².